The lowest BCUT2D eigenvalue weighted by Crippen LogP contribution is -2.49. The van der Waals surface area contributed by atoms with E-state index >= 15 is 0 Å². The van der Waals surface area contributed by atoms with Crippen LogP contribution in [0.25, 0.3) is 11.1 Å². The maximum absolute atomic E-state index is 12.6. The molecule has 0 bridgehead atoms. The maximum Gasteiger partial charge on any atom is 0.407 e. The van der Waals surface area contributed by atoms with Gasteiger partial charge in [0.05, 0.1) is 6.42 Å². The third-order valence-corrected chi connectivity index (χ3v) is 6.73. The van der Waals surface area contributed by atoms with Gasteiger partial charge < -0.3 is 20.5 Å². The lowest BCUT2D eigenvalue weighted by Gasteiger charge is -2.19. The molecule has 0 saturated heterocycles. The average molecular weight is 434 g/mol. The van der Waals surface area contributed by atoms with Crippen molar-refractivity contribution in [1.82, 2.24) is 10.6 Å². The van der Waals surface area contributed by atoms with Crippen molar-refractivity contribution in [2.24, 2.45) is 11.8 Å². The van der Waals surface area contributed by atoms with Crippen molar-refractivity contribution in [3.05, 3.63) is 59.7 Å². The number of hydrogen-bond acceptors (Lipinski definition) is 4. The van der Waals surface area contributed by atoms with Gasteiger partial charge in [-0.1, -0.05) is 48.5 Å². The van der Waals surface area contributed by atoms with Crippen LogP contribution in [0.5, 0.6) is 0 Å². The summed E-state index contributed by atoms with van der Waals surface area (Å²) in [6.07, 6.45) is 2.06. The van der Waals surface area contributed by atoms with E-state index in [0.717, 1.165) is 28.7 Å². The zero-order valence-corrected chi connectivity index (χ0v) is 17.6. The number of benzene rings is 2. The van der Waals surface area contributed by atoms with Gasteiger partial charge in [-0.2, -0.15) is 0 Å². The lowest BCUT2D eigenvalue weighted by molar-refractivity contribution is -0.139. The van der Waals surface area contributed by atoms with Gasteiger partial charge in [-0.25, -0.2) is 4.79 Å². The van der Waals surface area contributed by atoms with E-state index in [0.29, 0.717) is 11.8 Å². The number of carbonyl (C=O) groups is 3. The molecule has 3 aliphatic carbocycles. The van der Waals surface area contributed by atoms with Crippen LogP contribution >= 0.6 is 0 Å². The molecular formula is C25H26N2O5. The summed E-state index contributed by atoms with van der Waals surface area (Å²) in [6.45, 7) is 0.105. The quantitative estimate of drug-likeness (QED) is 0.591. The van der Waals surface area contributed by atoms with E-state index in [9.17, 15) is 19.5 Å². The molecule has 0 radical (unpaired) electrons. The van der Waals surface area contributed by atoms with Gasteiger partial charge in [-0.05, 0) is 53.4 Å². The van der Waals surface area contributed by atoms with E-state index in [2.05, 4.69) is 10.6 Å². The monoisotopic (exact) mass is 434 g/mol. The minimum absolute atomic E-state index is 0.0932. The normalized spacial score (nSPS) is 21.8. The van der Waals surface area contributed by atoms with Crippen LogP contribution < -0.4 is 10.6 Å². The zero-order valence-electron chi connectivity index (χ0n) is 17.6. The molecule has 7 nitrogen and oxygen atoms in total. The van der Waals surface area contributed by atoms with Crippen LogP contribution in [0.2, 0.25) is 0 Å². The predicted molar refractivity (Wildman–Crippen MR) is 117 cm³/mol. The molecule has 2 aromatic carbocycles. The maximum atomic E-state index is 12.6. The summed E-state index contributed by atoms with van der Waals surface area (Å²) in [5, 5.41) is 14.5. The molecule has 7 heteroatoms. The topological polar surface area (TPSA) is 105 Å². The molecule has 0 heterocycles. The minimum atomic E-state index is -1.16. The van der Waals surface area contributed by atoms with Gasteiger partial charge in [-0.3, -0.25) is 9.59 Å². The van der Waals surface area contributed by atoms with Gasteiger partial charge in [0.1, 0.15) is 12.6 Å². The predicted octanol–water partition coefficient (Wildman–Crippen LogP) is 3.28. The average Bonchev–Trinajstić information content (AvgIpc) is 3.69. The molecule has 32 heavy (non-hydrogen) atoms. The van der Waals surface area contributed by atoms with Crippen LogP contribution in [-0.2, 0) is 14.3 Å². The molecule has 2 saturated carbocycles. The second kappa shape index (κ2) is 8.30. The van der Waals surface area contributed by atoms with Crippen LogP contribution in [0.15, 0.2) is 48.5 Å². The first-order valence-corrected chi connectivity index (χ1v) is 11.1. The van der Waals surface area contributed by atoms with Gasteiger partial charge in [0.15, 0.2) is 0 Å². The summed E-state index contributed by atoms with van der Waals surface area (Å²) >= 11 is 0. The second-order valence-electron chi connectivity index (χ2n) is 8.97. The van der Waals surface area contributed by atoms with E-state index in [1.807, 2.05) is 48.5 Å². The molecule has 2 amide bonds. The standard InChI is InChI=1S/C25H26N2O5/c28-23(29)12-22(24(30)26-21-11-19(21)14-9-10-14)27-25(31)32-13-20-17-7-3-1-5-15(17)16-6-2-4-8-18(16)20/h1-8,14,19-22H,9-13H2,(H,26,30)(H,27,31)(H,28,29). The number of ether oxygens (including phenoxy) is 1. The Morgan fingerprint density at radius 1 is 1.00 bits per heavy atom. The Labute approximate surface area is 186 Å². The molecule has 0 aromatic heterocycles. The largest absolute Gasteiger partial charge is 0.481 e. The zero-order chi connectivity index (χ0) is 22.2. The molecule has 3 N–H and O–H groups in total. The molecule has 3 aliphatic rings. The molecule has 0 spiro atoms. The molecular weight excluding hydrogens is 408 g/mol. The number of hydrogen-bond donors (Lipinski definition) is 3. The highest BCUT2D eigenvalue weighted by atomic mass is 16.5. The van der Waals surface area contributed by atoms with Crippen LogP contribution in [0.3, 0.4) is 0 Å². The Hall–Kier alpha value is -3.35. The molecule has 166 valence electrons. The van der Waals surface area contributed by atoms with Crippen molar-refractivity contribution in [2.45, 2.75) is 43.7 Å². The lowest BCUT2D eigenvalue weighted by atomic mass is 9.98. The Kier molecular flexibility index (Phi) is 5.33. The summed E-state index contributed by atoms with van der Waals surface area (Å²) in [4.78, 5) is 36.3. The smallest absolute Gasteiger partial charge is 0.407 e. The van der Waals surface area contributed by atoms with Gasteiger partial charge in [-0.15, -0.1) is 0 Å². The van der Waals surface area contributed by atoms with Crippen LogP contribution in [0.1, 0.15) is 42.7 Å². The highest BCUT2D eigenvalue weighted by Crippen LogP contribution is 2.50. The summed E-state index contributed by atoms with van der Waals surface area (Å²) in [5.74, 6) is -0.537. The highest BCUT2D eigenvalue weighted by molar-refractivity contribution is 5.89. The van der Waals surface area contributed by atoms with Gasteiger partial charge >= 0.3 is 12.1 Å². The van der Waals surface area contributed by atoms with Crippen LogP contribution in [0.4, 0.5) is 4.79 Å². The number of nitrogens with one attached hydrogen (secondary N) is 2. The Morgan fingerprint density at radius 3 is 2.22 bits per heavy atom. The molecule has 3 atom stereocenters. The molecule has 2 aromatic rings. The number of rotatable bonds is 8. The fourth-order valence-corrected chi connectivity index (χ4v) is 4.88. The minimum Gasteiger partial charge on any atom is -0.481 e. The first kappa shape index (κ1) is 20.5. The molecule has 5 rings (SSSR count). The van der Waals surface area contributed by atoms with E-state index < -0.39 is 30.4 Å². The second-order valence-corrected chi connectivity index (χ2v) is 8.97. The van der Waals surface area contributed by atoms with Gasteiger partial charge in [0.25, 0.3) is 0 Å². The summed E-state index contributed by atoms with van der Waals surface area (Å²) < 4.78 is 5.47. The van der Waals surface area contributed by atoms with Crippen molar-refractivity contribution in [3.8, 4) is 11.1 Å². The summed E-state index contributed by atoms with van der Waals surface area (Å²) in [7, 11) is 0. The number of fused-ring (bicyclic) bond motifs is 3. The molecule has 3 unspecified atom stereocenters. The Balaban J connectivity index is 1.21. The molecule has 2 fully saturated rings. The fourth-order valence-electron chi connectivity index (χ4n) is 4.88. The number of alkyl carbamates (subject to hydrolysis) is 1. The van der Waals surface area contributed by atoms with Crippen molar-refractivity contribution in [2.75, 3.05) is 6.61 Å². The van der Waals surface area contributed by atoms with Crippen LogP contribution in [-0.4, -0.2) is 41.8 Å². The van der Waals surface area contributed by atoms with E-state index in [4.69, 9.17) is 4.74 Å². The van der Waals surface area contributed by atoms with Crippen molar-refractivity contribution >= 4 is 18.0 Å². The van der Waals surface area contributed by atoms with Gasteiger partial charge in [0, 0.05) is 12.0 Å². The number of carbonyl (C=O) groups excluding carboxylic acids is 2. The van der Waals surface area contributed by atoms with E-state index in [1.54, 1.807) is 0 Å². The van der Waals surface area contributed by atoms with Crippen molar-refractivity contribution < 1.29 is 24.2 Å². The Bertz CT molecular complexity index is 1020. The number of carboxylic acids is 1. The third kappa shape index (κ3) is 4.20. The van der Waals surface area contributed by atoms with E-state index in [-0.39, 0.29) is 18.6 Å². The SMILES string of the molecule is O=C(O)CC(NC(=O)OCC1c2ccccc2-c2ccccc21)C(=O)NC1CC1C1CC1. The van der Waals surface area contributed by atoms with Gasteiger partial charge in [0.2, 0.25) is 5.91 Å². The highest BCUT2D eigenvalue weighted by Gasteiger charge is 2.48. The Morgan fingerprint density at radius 2 is 1.62 bits per heavy atom. The van der Waals surface area contributed by atoms with Crippen molar-refractivity contribution in [1.29, 1.82) is 0 Å². The first-order chi connectivity index (χ1) is 15.5. The van der Waals surface area contributed by atoms with Crippen molar-refractivity contribution in [3.63, 3.8) is 0 Å². The number of carboxylic acid groups (broad SMARTS) is 1. The first-order valence-electron chi connectivity index (χ1n) is 11.1. The van der Waals surface area contributed by atoms with Crippen LogP contribution in [0, 0.1) is 11.8 Å². The fraction of sp³-hybridized carbons (Fsp3) is 0.400. The third-order valence-electron chi connectivity index (χ3n) is 6.73. The summed E-state index contributed by atoms with van der Waals surface area (Å²) in [5.41, 5.74) is 4.41. The molecule has 0 aliphatic heterocycles. The summed E-state index contributed by atoms with van der Waals surface area (Å²) in [6, 6.07) is 14.9. The van der Waals surface area contributed by atoms with E-state index in [1.165, 1.54) is 12.8 Å². The number of amides is 2. The number of aliphatic carboxylic acids is 1.